The molecule has 1 unspecified atom stereocenters. The molecule has 1 saturated heterocycles. The van der Waals surface area contributed by atoms with Crippen molar-refractivity contribution in [1.82, 2.24) is 19.9 Å². The highest BCUT2D eigenvalue weighted by molar-refractivity contribution is 5.90. The van der Waals surface area contributed by atoms with E-state index in [2.05, 4.69) is 37.7 Å². The molecule has 2 fully saturated rings. The van der Waals surface area contributed by atoms with Gasteiger partial charge in [-0.3, -0.25) is 4.90 Å². The lowest BCUT2D eigenvalue weighted by Crippen LogP contribution is -2.35. The Bertz CT molecular complexity index is 962. The van der Waals surface area contributed by atoms with Crippen molar-refractivity contribution in [1.29, 1.82) is 0 Å². The summed E-state index contributed by atoms with van der Waals surface area (Å²) in [6.45, 7) is 7.36. The van der Waals surface area contributed by atoms with E-state index in [0.29, 0.717) is 42.1 Å². The maximum Gasteiger partial charge on any atom is 0.338 e. The number of hydrogen-bond acceptors (Lipinski definition) is 9. The van der Waals surface area contributed by atoms with Gasteiger partial charge in [-0.1, -0.05) is 38.7 Å². The van der Waals surface area contributed by atoms with E-state index in [1.807, 2.05) is 12.1 Å². The minimum Gasteiger partial charge on any atom is -0.462 e. The quantitative estimate of drug-likeness (QED) is 0.325. The minimum absolute atomic E-state index is 0.339. The zero-order valence-electron chi connectivity index (χ0n) is 21.1. The topological polar surface area (TPSA) is 104 Å². The smallest absolute Gasteiger partial charge is 0.338 e. The number of aromatic nitrogens is 3. The summed E-state index contributed by atoms with van der Waals surface area (Å²) in [6, 6.07) is 8.06. The predicted octanol–water partition coefficient (Wildman–Crippen LogP) is 4.82. The van der Waals surface area contributed by atoms with E-state index in [0.717, 1.165) is 38.2 Å². The van der Waals surface area contributed by atoms with E-state index < -0.39 is 0 Å². The molecule has 1 aliphatic heterocycles. The molecule has 9 heteroatoms. The van der Waals surface area contributed by atoms with Crippen molar-refractivity contribution < 1.29 is 9.53 Å². The molecule has 1 aromatic heterocycles. The van der Waals surface area contributed by atoms with Gasteiger partial charge in [-0.05, 0) is 63.9 Å². The Morgan fingerprint density at radius 3 is 2.54 bits per heavy atom. The first-order chi connectivity index (χ1) is 17.1. The summed E-state index contributed by atoms with van der Waals surface area (Å²) in [5.74, 6) is 1.24. The predicted molar refractivity (Wildman–Crippen MR) is 139 cm³/mol. The zero-order valence-corrected chi connectivity index (χ0v) is 21.1. The normalized spacial score (nSPS) is 19.2. The van der Waals surface area contributed by atoms with Gasteiger partial charge in [-0.2, -0.15) is 15.0 Å². The number of carbonyl (C=O) groups is 1. The number of ether oxygens (including phenoxy) is 1. The summed E-state index contributed by atoms with van der Waals surface area (Å²) in [5, 5.41) is 10.3. The lowest BCUT2D eigenvalue weighted by atomic mass is 10.1. The molecule has 1 atom stereocenters. The molecular formula is C26H39N7O2. The first kappa shape index (κ1) is 25.2. The van der Waals surface area contributed by atoms with Gasteiger partial charge in [0.2, 0.25) is 17.8 Å². The van der Waals surface area contributed by atoms with Crippen LogP contribution >= 0.6 is 0 Å². The fourth-order valence-electron chi connectivity index (χ4n) is 5.00. The molecule has 0 amide bonds. The van der Waals surface area contributed by atoms with Gasteiger partial charge in [-0.25, -0.2) is 4.79 Å². The standard InChI is InChI=1S/C26H39N7O2/c1-3-33-16-10-15-22(33)18-27-24-30-25(28-20-12-7-5-6-8-13-20)32-26(31-24)29-21-14-9-11-19(17-21)23(34)35-4-2/h9,11,14,17,20,22H,3-8,10,12-13,15-16,18H2,1-2H3,(H3,27,28,29,30,31,32). The van der Waals surface area contributed by atoms with Crippen LogP contribution in [-0.4, -0.2) is 64.1 Å². The van der Waals surface area contributed by atoms with Crippen LogP contribution in [0.5, 0.6) is 0 Å². The van der Waals surface area contributed by atoms with E-state index >= 15 is 0 Å². The summed E-state index contributed by atoms with van der Waals surface area (Å²) in [4.78, 5) is 28.7. The monoisotopic (exact) mass is 481 g/mol. The highest BCUT2D eigenvalue weighted by atomic mass is 16.5. The molecule has 0 radical (unpaired) electrons. The van der Waals surface area contributed by atoms with E-state index in [9.17, 15) is 4.79 Å². The molecule has 0 spiro atoms. The zero-order chi connectivity index (χ0) is 24.5. The van der Waals surface area contributed by atoms with Crippen molar-refractivity contribution in [3.8, 4) is 0 Å². The van der Waals surface area contributed by atoms with Gasteiger partial charge >= 0.3 is 5.97 Å². The van der Waals surface area contributed by atoms with Gasteiger partial charge in [0.15, 0.2) is 0 Å². The number of likely N-dealkylation sites (N-methyl/N-ethyl adjacent to an activating group) is 1. The molecular weight excluding hydrogens is 442 g/mol. The van der Waals surface area contributed by atoms with Crippen LogP contribution in [0.2, 0.25) is 0 Å². The van der Waals surface area contributed by atoms with Crippen LogP contribution in [0.3, 0.4) is 0 Å². The second-order valence-corrected chi connectivity index (χ2v) is 9.37. The number of hydrogen-bond donors (Lipinski definition) is 3. The van der Waals surface area contributed by atoms with Gasteiger partial charge in [0, 0.05) is 24.3 Å². The molecule has 35 heavy (non-hydrogen) atoms. The third kappa shape index (κ3) is 7.27. The summed E-state index contributed by atoms with van der Waals surface area (Å²) in [6.07, 6.45) is 9.73. The van der Waals surface area contributed by atoms with Crippen molar-refractivity contribution in [3.05, 3.63) is 29.8 Å². The third-order valence-corrected chi connectivity index (χ3v) is 6.85. The molecule has 1 saturated carbocycles. The van der Waals surface area contributed by atoms with Crippen LogP contribution in [0.1, 0.15) is 75.6 Å². The molecule has 2 aromatic rings. The third-order valence-electron chi connectivity index (χ3n) is 6.85. The van der Waals surface area contributed by atoms with Crippen LogP contribution < -0.4 is 16.0 Å². The van der Waals surface area contributed by atoms with Gasteiger partial charge < -0.3 is 20.7 Å². The van der Waals surface area contributed by atoms with Crippen molar-refractivity contribution in [3.63, 3.8) is 0 Å². The summed E-state index contributed by atoms with van der Waals surface area (Å²) in [5.41, 5.74) is 1.21. The van der Waals surface area contributed by atoms with Gasteiger partial charge in [-0.15, -0.1) is 0 Å². The summed E-state index contributed by atoms with van der Waals surface area (Å²) < 4.78 is 5.13. The highest BCUT2D eigenvalue weighted by Gasteiger charge is 2.23. The molecule has 1 aliphatic carbocycles. The number of carbonyl (C=O) groups excluding carboxylic acids is 1. The SMILES string of the molecule is CCOC(=O)c1cccc(Nc2nc(NCC3CCCN3CC)nc(NC3CCCCCC3)n2)c1. The number of rotatable bonds is 10. The van der Waals surface area contributed by atoms with E-state index in [1.165, 1.54) is 38.5 Å². The first-order valence-electron chi connectivity index (χ1n) is 13.2. The van der Waals surface area contributed by atoms with Crippen molar-refractivity contribution in [2.45, 2.75) is 77.3 Å². The van der Waals surface area contributed by atoms with Crippen molar-refractivity contribution in [2.24, 2.45) is 0 Å². The molecule has 2 heterocycles. The van der Waals surface area contributed by atoms with Crippen LogP contribution in [0.15, 0.2) is 24.3 Å². The Labute approximate surface area is 208 Å². The number of nitrogens with one attached hydrogen (secondary N) is 3. The Morgan fingerprint density at radius 1 is 1.00 bits per heavy atom. The number of likely N-dealkylation sites (tertiary alicyclic amines) is 1. The number of nitrogens with zero attached hydrogens (tertiary/aromatic N) is 4. The Morgan fingerprint density at radius 2 is 1.77 bits per heavy atom. The van der Waals surface area contributed by atoms with Gasteiger partial charge in [0.1, 0.15) is 0 Å². The van der Waals surface area contributed by atoms with Gasteiger partial charge in [0.25, 0.3) is 0 Å². The molecule has 0 bridgehead atoms. The molecule has 190 valence electrons. The minimum atomic E-state index is -0.345. The second kappa shape index (κ2) is 12.7. The van der Waals surface area contributed by atoms with Crippen LogP contribution in [0.4, 0.5) is 23.5 Å². The maximum atomic E-state index is 12.2. The number of esters is 1. The van der Waals surface area contributed by atoms with E-state index in [-0.39, 0.29) is 5.97 Å². The second-order valence-electron chi connectivity index (χ2n) is 9.37. The first-order valence-corrected chi connectivity index (χ1v) is 13.2. The average Bonchev–Trinajstić information content (AvgIpc) is 3.17. The van der Waals surface area contributed by atoms with Crippen LogP contribution in [0, 0.1) is 0 Å². The fourth-order valence-corrected chi connectivity index (χ4v) is 5.00. The summed E-state index contributed by atoms with van der Waals surface area (Å²) >= 11 is 0. The Balaban J connectivity index is 1.52. The molecule has 4 rings (SSSR count). The van der Waals surface area contributed by atoms with Crippen LogP contribution in [-0.2, 0) is 4.74 Å². The Kier molecular flexibility index (Phi) is 9.11. The molecule has 1 aromatic carbocycles. The summed E-state index contributed by atoms with van der Waals surface area (Å²) in [7, 11) is 0. The fraction of sp³-hybridized carbons (Fsp3) is 0.615. The van der Waals surface area contributed by atoms with Crippen molar-refractivity contribution in [2.75, 3.05) is 42.2 Å². The lowest BCUT2D eigenvalue weighted by Gasteiger charge is -2.23. The lowest BCUT2D eigenvalue weighted by molar-refractivity contribution is 0.0526. The van der Waals surface area contributed by atoms with E-state index in [4.69, 9.17) is 9.72 Å². The largest absolute Gasteiger partial charge is 0.462 e. The molecule has 3 N–H and O–H groups in total. The highest BCUT2D eigenvalue weighted by Crippen LogP contribution is 2.23. The van der Waals surface area contributed by atoms with E-state index in [1.54, 1.807) is 19.1 Å². The van der Waals surface area contributed by atoms with Crippen molar-refractivity contribution >= 4 is 29.5 Å². The maximum absolute atomic E-state index is 12.2. The number of benzene rings is 1. The average molecular weight is 482 g/mol. The Hall–Kier alpha value is -2.94. The molecule has 9 nitrogen and oxygen atoms in total. The van der Waals surface area contributed by atoms with Gasteiger partial charge in [0.05, 0.1) is 12.2 Å². The molecule has 2 aliphatic rings. The van der Waals surface area contributed by atoms with Crippen LogP contribution in [0.25, 0.3) is 0 Å². The number of anilines is 4.